The van der Waals surface area contributed by atoms with Crippen molar-refractivity contribution in [2.75, 3.05) is 25.2 Å². The van der Waals surface area contributed by atoms with Crippen LogP contribution in [0.15, 0.2) is 0 Å². The van der Waals surface area contributed by atoms with Gasteiger partial charge in [0.1, 0.15) is 0 Å². The molecule has 0 unspecified atom stereocenters. The zero-order valence-corrected chi connectivity index (χ0v) is 18.8. The quantitative estimate of drug-likeness (QED) is 0.259. The van der Waals surface area contributed by atoms with Crippen molar-refractivity contribution in [3.8, 4) is 0 Å². The van der Waals surface area contributed by atoms with Gasteiger partial charge in [0.05, 0.1) is 0 Å². The summed E-state index contributed by atoms with van der Waals surface area (Å²) in [5, 5.41) is 0. The van der Waals surface area contributed by atoms with Gasteiger partial charge in [-0.2, -0.15) is 0 Å². The third kappa shape index (κ3) is 86.3. The van der Waals surface area contributed by atoms with E-state index in [-0.39, 0.29) is 18.5 Å². The van der Waals surface area contributed by atoms with Gasteiger partial charge in [-0.15, -0.1) is 0 Å². The lowest BCUT2D eigenvalue weighted by molar-refractivity contribution is 0.369. The molecule has 0 aromatic rings. The first-order chi connectivity index (χ1) is 11.2. The highest BCUT2D eigenvalue weighted by Crippen LogP contribution is 2.35. The molecule has 8 N–H and O–H groups in total. The van der Waals surface area contributed by atoms with Crippen LogP contribution in [0, 0.1) is 0 Å². The SMILES string of the molecule is CCCCP(=O)(O)O.CCCP(=O)(O)O.CCP(=O)(O)O.CP(=O)(O)O. The molecule has 12 nitrogen and oxygen atoms in total. The molecule has 0 amide bonds. The Morgan fingerprint density at radius 1 is 0.577 bits per heavy atom. The minimum Gasteiger partial charge on any atom is -0.325 e. The Hall–Kier alpha value is 0.600. The second kappa shape index (κ2) is 16.5. The molecule has 0 heterocycles. The molecule has 0 atom stereocenters. The first-order valence-corrected chi connectivity index (χ1v) is 14.8. The summed E-state index contributed by atoms with van der Waals surface area (Å²) >= 11 is 0. The van der Waals surface area contributed by atoms with Gasteiger partial charge in [0, 0.05) is 25.2 Å². The van der Waals surface area contributed by atoms with Crippen molar-refractivity contribution in [2.24, 2.45) is 0 Å². The van der Waals surface area contributed by atoms with E-state index in [4.69, 9.17) is 39.1 Å². The Labute approximate surface area is 153 Å². The van der Waals surface area contributed by atoms with Gasteiger partial charge in [-0.25, -0.2) is 0 Å². The number of hydrogen-bond donors (Lipinski definition) is 8. The molecule has 0 saturated carbocycles. The molecule has 26 heavy (non-hydrogen) atoms. The molecule has 0 saturated heterocycles. The fraction of sp³-hybridized carbons (Fsp3) is 1.00. The molecule has 0 aliphatic carbocycles. The maximum absolute atomic E-state index is 10.1. The van der Waals surface area contributed by atoms with Gasteiger partial charge in [0.2, 0.25) is 0 Å². The molecule has 0 aromatic carbocycles. The molecular formula is C10H32O12P4. The fourth-order valence-corrected chi connectivity index (χ4v) is 1.97. The van der Waals surface area contributed by atoms with Crippen molar-refractivity contribution in [3.05, 3.63) is 0 Å². The van der Waals surface area contributed by atoms with Crippen molar-refractivity contribution < 1.29 is 57.4 Å². The summed E-state index contributed by atoms with van der Waals surface area (Å²) in [7, 11) is -14.6. The lowest BCUT2D eigenvalue weighted by atomic mass is 10.4. The molecule has 0 aliphatic heterocycles. The zero-order valence-electron chi connectivity index (χ0n) is 15.2. The molecule has 164 valence electrons. The Morgan fingerprint density at radius 3 is 0.885 bits per heavy atom. The van der Waals surface area contributed by atoms with E-state index in [1.807, 2.05) is 6.92 Å². The van der Waals surface area contributed by atoms with Crippen LogP contribution >= 0.6 is 30.4 Å². The van der Waals surface area contributed by atoms with Crippen molar-refractivity contribution in [3.63, 3.8) is 0 Å². The summed E-state index contributed by atoms with van der Waals surface area (Å²) in [6.07, 6.45) is 1.98. The Balaban J connectivity index is -0.000000126. The monoisotopic (exact) mass is 468 g/mol. The molecule has 0 aliphatic rings. The molecule has 0 rings (SSSR count). The summed E-state index contributed by atoms with van der Waals surface area (Å²) in [5.41, 5.74) is 0. The van der Waals surface area contributed by atoms with Gasteiger partial charge in [-0.3, -0.25) is 18.3 Å². The largest absolute Gasteiger partial charge is 0.325 e. The van der Waals surface area contributed by atoms with E-state index in [2.05, 4.69) is 0 Å². The molecular weight excluding hydrogens is 436 g/mol. The van der Waals surface area contributed by atoms with Crippen LogP contribution in [0.4, 0.5) is 0 Å². The summed E-state index contributed by atoms with van der Waals surface area (Å²) in [6.45, 7) is 5.93. The maximum atomic E-state index is 10.1. The predicted molar refractivity (Wildman–Crippen MR) is 99.6 cm³/mol. The Kier molecular flexibility index (Phi) is 21.7. The number of rotatable bonds is 6. The van der Waals surface area contributed by atoms with E-state index in [1.165, 1.54) is 6.92 Å². The van der Waals surface area contributed by atoms with Crippen LogP contribution in [0.5, 0.6) is 0 Å². The van der Waals surface area contributed by atoms with Crippen LogP contribution in [0.3, 0.4) is 0 Å². The van der Waals surface area contributed by atoms with Crippen LogP contribution in [0.2, 0.25) is 0 Å². The smallest absolute Gasteiger partial charge is 0.325 e. The first kappa shape index (κ1) is 34.1. The highest BCUT2D eigenvalue weighted by Gasteiger charge is 2.09. The second-order valence-electron chi connectivity index (χ2n) is 4.95. The van der Waals surface area contributed by atoms with Crippen molar-refractivity contribution >= 4 is 30.4 Å². The lowest BCUT2D eigenvalue weighted by Gasteiger charge is -1.98. The zero-order chi connectivity index (χ0) is 22.2. The number of hydrogen-bond acceptors (Lipinski definition) is 4. The topological polar surface area (TPSA) is 230 Å². The molecule has 0 bridgehead atoms. The van der Waals surface area contributed by atoms with Crippen molar-refractivity contribution in [2.45, 2.75) is 40.0 Å². The first-order valence-electron chi connectivity index (χ1n) is 7.35. The lowest BCUT2D eigenvalue weighted by Crippen LogP contribution is -1.84. The van der Waals surface area contributed by atoms with E-state index >= 15 is 0 Å². The van der Waals surface area contributed by atoms with Gasteiger partial charge >= 0.3 is 30.4 Å². The maximum Gasteiger partial charge on any atom is 0.325 e. The van der Waals surface area contributed by atoms with Gasteiger partial charge in [0.25, 0.3) is 0 Å². The minimum atomic E-state index is -3.68. The van der Waals surface area contributed by atoms with E-state index in [9.17, 15) is 18.3 Å². The van der Waals surface area contributed by atoms with E-state index in [0.29, 0.717) is 12.8 Å². The van der Waals surface area contributed by atoms with Gasteiger partial charge < -0.3 is 39.1 Å². The summed E-state index contributed by atoms with van der Waals surface area (Å²) < 4.78 is 39.0. The van der Waals surface area contributed by atoms with Crippen molar-refractivity contribution in [1.29, 1.82) is 0 Å². The summed E-state index contributed by atoms with van der Waals surface area (Å²) in [5.74, 6) is 0. The highest BCUT2D eigenvalue weighted by molar-refractivity contribution is 7.52. The van der Waals surface area contributed by atoms with Crippen LogP contribution < -0.4 is 0 Å². The molecule has 16 heteroatoms. The van der Waals surface area contributed by atoms with Crippen molar-refractivity contribution in [1.82, 2.24) is 0 Å². The van der Waals surface area contributed by atoms with Gasteiger partial charge in [-0.1, -0.05) is 27.2 Å². The second-order valence-corrected chi connectivity index (χ2v) is 12.1. The Bertz CT molecular complexity index is 490. The summed E-state index contributed by atoms with van der Waals surface area (Å²) in [6, 6.07) is 0. The minimum absolute atomic E-state index is 0.00694. The molecule has 0 radical (unpaired) electrons. The van der Waals surface area contributed by atoms with Gasteiger partial charge in [-0.05, 0) is 12.8 Å². The molecule has 0 spiro atoms. The molecule has 0 fully saturated rings. The van der Waals surface area contributed by atoms with Gasteiger partial charge in [0.15, 0.2) is 0 Å². The Morgan fingerprint density at radius 2 is 0.846 bits per heavy atom. The third-order valence-electron chi connectivity index (χ3n) is 1.73. The van der Waals surface area contributed by atoms with E-state index in [0.717, 1.165) is 13.1 Å². The van der Waals surface area contributed by atoms with E-state index in [1.54, 1.807) is 6.92 Å². The summed E-state index contributed by atoms with van der Waals surface area (Å²) in [4.78, 5) is 63.9. The van der Waals surface area contributed by atoms with Crippen LogP contribution in [-0.4, -0.2) is 64.3 Å². The third-order valence-corrected chi connectivity index (χ3v) is 4.48. The predicted octanol–water partition coefficient (Wildman–Crippen LogP) is 1.52. The number of unbranched alkanes of at least 4 members (excludes halogenated alkanes) is 1. The average molecular weight is 468 g/mol. The fourth-order valence-electron chi connectivity index (χ4n) is 0.655. The van der Waals surface area contributed by atoms with E-state index < -0.39 is 30.4 Å². The standard InChI is InChI=1S/C4H11O3P.C3H9O3P.C2H7O3P.CH5O3P/c1-2-3-4-8(5,6)7;1-2-3-7(4,5)6;1-2-6(3,4)5;1-5(2,3)4/h2-4H2,1H3,(H2,5,6,7);2-3H2,1H3,(H2,4,5,6);2H2,1H3,(H2,3,4,5);1H3,(H2,2,3,4). The normalized spacial score (nSPS) is 11.8. The van der Waals surface area contributed by atoms with Crippen LogP contribution in [0.25, 0.3) is 0 Å². The highest BCUT2D eigenvalue weighted by atomic mass is 31.2. The van der Waals surface area contributed by atoms with Crippen LogP contribution in [0.1, 0.15) is 40.0 Å². The average Bonchev–Trinajstić information content (AvgIpc) is 2.32. The van der Waals surface area contributed by atoms with Crippen LogP contribution in [-0.2, 0) is 18.3 Å². The molecule has 0 aromatic heterocycles.